The minimum absolute atomic E-state index is 0.116. The molecule has 27 heavy (non-hydrogen) atoms. The van der Waals surface area contributed by atoms with E-state index < -0.39 is 0 Å². The topological polar surface area (TPSA) is 72.7 Å². The molecule has 0 aliphatic heterocycles. The molecule has 0 unspecified atom stereocenters. The van der Waals surface area contributed by atoms with Gasteiger partial charge in [0.15, 0.2) is 10.3 Å². The zero-order chi connectivity index (χ0) is 18.8. The van der Waals surface area contributed by atoms with E-state index in [1.54, 1.807) is 6.33 Å². The molecule has 1 amide bonds. The number of nitrogens with one attached hydrogen (secondary N) is 1. The van der Waals surface area contributed by atoms with Gasteiger partial charge in [0, 0.05) is 5.69 Å². The maximum atomic E-state index is 12.3. The molecule has 8 heteroatoms. The molecule has 0 bridgehead atoms. The van der Waals surface area contributed by atoms with Crippen molar-refractivity contribution in [2.24, 2.45) is 0 Å². The highest BCUT2D eigenvalue weighted by molar-refractivity contribution is 7.99. The van der Waals surface area contributed by atoms with Gasteiger partial charge in [-0.3, -0.25) is 9.36 Å². The molecule has 0 saturated carbocycles. The summed E-state index contributed by atoms with van der Waals surface area (Å²) in [6.45, 7) is 4.08. The lowest BCUT2D eigenvalue weighted by molar-refractivity contribution is -0.113. The van der Waals surface area contributed by atoms with Crippen molar-refractivity contribution in [3.05, 3.63) is 59.9 Å². The number of carbonyl (C=O) groups excluding carboxylic acids is 1. The Balaban J connectivity index is 1.42. The standard InChI is InChI=1S/C19H17N5OS2/c1-12-3-6-14(7-4-12)24-11-20-23-19(24)26-10-17(25)22-18-21-15-8-5-13(2)9-16(15)27-18/h3-9,11H,10H2,1-2H3,(H,21,22,25). The fourth-order valence-corrected chi connectivity index (χ4v) is 4.29. The van der Waals surface area contributed by atoms with Gasteiger partial charge in [0.05, 0.1) is 16.0 Å². The molecule has 2 heterocycles. The average Bonchev–Trinajstić information content (AvgIpc) is 3.26. The monoisotopic (exact) mass is 395 g/mol. The molecule has 0 fully saturated rings. The number of aryl methyl sites for hydroxylation is 2. The summed E-state index contributed by atoms with van der Waals surface area (Å²) in [7, 11) is 0. The fraction of sp³-hybridized carbons (Fsp3) is 0.158. The second-order valence-electron chi connectivity index (χ2n) is 6.15. The SMILES string of the molecule is Cc1ccc(-n2cnnc2SCC(=O)Nc2nc3ccc(C)cc3s2)cc1. The number of hydrogen-bond donors (Lipinski definition) is 1. The summed E-state index contributed by atoms with van der Waals surface area (Å²) < 4.78 is 2.94. The Bertz CT molecular complexity index is 1100. The first kappa shape index (κ1) is 17.7. The molecule has 0 atom stereocenters. The maximum Gasteiger partial charge on any atom is 0.236 e. The summed E-state index contributed by atoms with van der Waals surface area (Å²) in [5.74, 6) is 0.119. The molecule has 0 spiro atoms. The zero-order valence-electron chi connectivity index (χ0n) is 14.8. The molecule has 6 nitrogen and oxygen atoms in total. The fourth-order valence-electron chi connectivity index (χ4n) is 2.58. The average molecular weight is 396 g/mol. The van der Waals surface area contributed by atoms with Crippen LogP contribution in [0.25, 0.3) is 15.9 Å². The van der Waals surface area contributed by atoms with Crippen LogP contribution in [0, 0.1) is 13.8 Å². The third-order valence-electron chi connectivity index (χ3n) is 3.95. The van der Waals surface area contributed by atoms with E-state index in [0.29, 0.717) is 10.3 Å². The van der Waals surface area contributed by atoms with Crippen molar-refractivity contribution in [2.75, 3.05) is 11.1 Å². The Hall–Kier alpha value is -2.71. The number of aromatic nitrogens is 4. The maximum absolute atomic E-state index is 12.3. The molecule has 0 aliphatic rings. The number of benzene rings is 2. The molecule has 4 aromatic rings. The van der Waals surface area contributed by atoms with E-state index in [9.17, 15) is 4.79 Å². The largest absolute Gasteiger partial charge is 0.301 e. The highest BCUT2D eigenvalue weighted by atomic mass is 32.2. The zero-order valence-corrected chi connectivity index (χ0v) is 16.5. The van der Waals surface area contributed by atoms with Crippen molar-refractivity contribution in [1.82, 2.24) is 19.7 Å². The lowest BCUT2D eigenvalue weighted by Crippen LogP contribution is -2.14. The van der Waals surface area contributed by atoms with Crippen molar-refractivity contribution >= 4 is 44.4 Å². The van der Waals surface area contributed by atoms with E-state index in [2.05, 4.69) is 26.6 Å². The van der Waals surface area contributed by atoms with E-state index >= 15 is 0 Å². The first-order valence-electron chi connectivity index (χ1n) is 8.35. The molecule has 1 N–H and O–H groups in total. The predicted octanol–water partition coefficient (Wildman–Crippen LogP) is 4.22. The number of thioether (sulfide) groups is 1. The Morgan fingerprint density at radius 1 is 1.15 bits per heavy atom. The second kappa shape index (κ2) is 7.50. The number of thiazole rings is 1. The highest BCUT2D eigenvalue weighted by Crippen LogP contribution is 2.27. The molecular formula is C19H17N5OS2. The molecule has 2 aromatic heterocycles. The van der Waals surface area contributed by atoms with Gasteiger partial charge in [-0.2, -0.15) is 0 Å². The van der Waals surface area contributed by atoms with Gasteiger partial charge in [0.25, 0.3) is 0 Å². The van der Waals surface area contributed by atoms with Crippen molar-refractivity contribution < 1.29 is 4.79 Å². The van der Waals surface area contributed by atoms with Gasteiger partial charge in [-0.05, 0) is 43.7 Å². The number of carbonyl (C=O) groups is 1. The van der Waals surface area contributed by atoms with E-state index in [4.69, 9.17) is 0 Å². The van der Waals surface area contributed by atoms with Gasteiger partial charge in [-0.25, -0.2) is 4.98 Å². The Morgan fingerprint density at radius 3 is 2.74 bits per heavy atom. The van der Waals surface area contributed by atoms with Crippen LogP contribution in [-0.4, -0.2) is 31.4 Å². The summed E-state index contributed by atoms with van der Waals surface area (Å²) in [6, 6.07) is 14.1. The summed E-state index contributed by atoms with van der Waals surface area (Å²) in [4.78, 5) is 16.8. The van der Waals surface area contributed by atoms with Gasteiger partial charge in [-0.1, -0.05) is 46.9 Å². The van der Waals surface area contributed by atoms with E-state index in [1.807, 2.05) is 54.8 Å². The van der Waals surface area contributed by atoms with Crippen LogP contribution in [0.15, 0.2) is 53.9 Å². The second-order valence-corrected chi connectivity index (χ2v) is 8.12. The quantitative estimate of drug-likeness (QED) is 0.512. The Labute approximate surface area is 164 Å². The van der Waals surface area contributed by atoms with Crippen LogP contribution in [0.5, 0.6) is 0 Å². The first-order valence-corrected chi connectivity index (χ1v) is 10.2. The van der Waals surface area contributed by atoms with Crippen LogP contribution < -0.4 is 5.32 Å². The molecule has 0 radical (unpaired) electrons. The van der Waals surface area contributed by atoms with Gasteiger partial charge < -0.3 is 5.32 Å². The third-order valence-corrected chi connectivity index (χ3v) is 5.83. The van der Waals surface area contributed by atoms with Crippen molar-refractivity contribution in [2.45, 2.75) is 19.0 Å². The normalized spacial score (nSPS) is 11.0. The van der Waals surface area contributed by atoms with Crippen LogP contribution in [-0.2, 0) is 4.79 Å². The highest BCUT2D eigenvalue weighted by Gasteiger charge is 2.12. The smallest absolute Gasteiger partial charge is 0.236 e. The molecule has 2 aromatic carbocycles. The first-order chi connectivity index (χ1) is 13.1. The number of amides is 1. The number of fused-ring (bicyclic) bond motifs is 1. The lowest BCUT2D eigenvalue weighted by Gasteiger charge is -2.06. The summed E-state index contributed by atoms with van der Waals surface area (Å²) in [5.41, 5.74) is 4.23. The van der Waals surface area contributed by atoms with Crippen molar-refractivity contribution in [1.29, 1.82) is 0 Å². The summed E-state index contributed by atoms with van der Waals surface area (Å²) >= 11 is 2.82. The molecule has 0 saturated heterocycles. The number of rotatable bonds is 5. The number of nitrogens with zero attached hydrogens (tertiary/aromatic N) is 4. The van der Waals surface area contributed by atoms with E-state index in [-0.39, 0.29) is 11.7 Å². The van der Waals surface area contributed by atoms with Crippen LogP contribution in [0.4, 0.5) is 5.13 Å². The summed E-state index contributed by atoms with van der Waals surface area (Å²) in [5, 5.41) is 12.2. The van der Waals surface area contributed by atoms with Crippen molar-refractivity contribution in [3.63, 3.8) is 0 Å². The van der Waals surface area contributed by atoms with Crippen molar-refractivity contribution in [3.8, 4) is 5.69 Å². The molecule has 0 aliphatic carbocycles. The Kier molecular flexibility index (Phi) is 4.91. The Morgan fingerprint density at radius 2 is 1.93 bits per heavy atom. The minimum atomic E-state index is -0.116. The van der Waals surface area contributed by atoms with Crippen LogP contribution in [0.3, 0.4) is 0 Å². The van der Waals surface area contributed by atoms with Crippen LogP contribution >= 0.6 is 23.1 Å². The number of hydrogen-bond acceptors (Lipinski definition) is 6. The molecule has 4 rings (SSSR count). The third kappa shape index (κ3) is 4.01. The van der Waals surface area contributed by atoms with Gasteiger partial charge in [0.1, 0.15) is 6.33 Å². The predicted molar refractivity (Wildman–Crippen MR) is 110 cm³/mol. The van der Waals surface area contributed by atoms with Crippen LogP contribution in [0.1, 0.15) is 11.1 Å². The number of anilines is 1. The lowest BCUT2D eigenvalue weighted by atomic mass is 10.2. The van der Waals surface area contributed by atoms with Gasteiger partial charge >= 0.3 is 0 Å². The summed E-state index contributed by atoms with van der Waals surface area (Å²) in [6.07, 6.45) is 1.65. The van der Waals surface area contributed by atoms with Gasteiger partial charge in [-0.15, -0.1) is 10.2 Å². The van der Waals surface area contributed by atoms with E-state index in [1.165, 1.54) is 34.2 Å². The van der Waals surface area contributed by atoms with Gasteiger partial charge in [0.2, 0.25) is 5.91 Å². The van der Waals surface area contributed by atoms with Crippen LogP contribution in [0.2, 0.25) is 0 Å². The van der Waals surface area contributed by atoms with E-state index in [0.717, 1.165) is 15.9 Å². The minimum Gasteiger partial charge on any atom is -0.301 e. The molecular weight excluding hydrogens is 378 g/mol. The molecule has 136 valence electrons.